The first-order chi connectivity index (χ1) is 10.8. The van der Waals surface area contributed by atoms with Crippen LogP contribution in [-0.2, 0) is 16.8 Å². The Kier molecular flexibility index (Phi) is 7.04. The lowest BCUT2D eigenvalue weighted by Crippen LogP contribution is -2.26. The highest BCUT2D eigenvalue weighted by molar-refractivity contribution is 7.78. The first-order valence-electron chi connectivity index (χ1n) is 7.08. The maximum absolute atomic E-state index is 11.3. The summed E-state index contributed by atoms with van der Waals surface area (Å²) >= 11 is -2.49. The van der Waals surface area contributed by atoms with Crippen molar-refractivity contribution in [1.82, 2.24) is 0 Å². The van der Waals surface area contributed by atoms with Gasteiger partial charge < -0.3 is 9.45 Å². The second kappa shape index (κ2) is 8.53. The lowest BCUT2D eigenvalue weighted by Gasteiger charge is -2.23. The van der Waals surface area contributed by atoms with Crippen molar-refractivity contribution in [2.45, 2.75) is 32.4 Å². The third kappa shape index (κ3) is 4.96. The van der Waals surface area contributed by atoms with Gasteiger partial charge in [-0.15, -0.1) is 0 Å². The van der Waals surface area contributed by atoms with Crippen molar-refractivity contribution in [2.24, 2.45) is 0 Å². The van der Waals surface area contributed by atoms with Gasteiger partial charge in [-0.25, -0.2) is 0 Å². The van der Waals surface area contributed by atoms with Crippen LogP contribution in [0, 0.1) is 20.2 Å². The number of nitrogens with zero attached hydrogens (tertiary/aromatic N) is 3. The van der Waals surface area contributed by atoms with Gasteiger partial charge in [0.05, 0.1) is 9.85 Å². The molecule has 0 aliphatic rings. The molecule has 0 fully saturated rings. The summed E-state index contributed by atoms with van der Waals surface area (Å²) in [5.41, 5.74) is -0.930. The summed E-state index contributed by atoms with van der Waals surface area (Å²) in [6.07, 6.45) is 1.33. The van der Waals surface area contributed by atoms with Crippen molar-refractivity contribution in [2.75, 3.05) is 18.0 Å². The summed E-state index contributed by atoms with van der Waals surface area (Å²) in [6, 6.07) is 2.19. The van der Waals surface area contributed by atoms with E-state index in [1.807, 2.05) is 13.8 Å². The quantitative estimate of drug-likeness (QED) is 0.382. The molecule has 0 amide bonds. The summed E-state index contributed by atoms with van der Waals surface area (Å²) < 4.78 is 21.6. The summed E-state index contributed by atoms with van der Waals surface area (Å²) in [5, 5.41) is 22.7. The molecule has 0 aliphatic carbocycles. The minimum Gasteiger partial charge on any atom is -0.772 e. The number of rotatable bonds is 9. The SMILES string of the molecule is CCCN(CCC)c1c([N+](=O)[O-])cc(CS(=O)[O-])cc1[N+](=O)[O-]. The molecule has 0 aromatic heterocycles. The molecule has 1 aromatic carbocycles. The predicted molar refractivity (Wildman–Crippen MR) is 85.2 cm³/mol. The van der Waals surface area contributed by atoms with Crippen molar-refractivity contribution in [3.63, 3.8) is 0 Å². The zero-order chi connectivity index (χ0) is 17.6. The number of anilines is 1. The van der Waals surface area contributed by atoms with E-state index in [1.165, 1.54) is 0 Å². The van der Waals surface area contributed by atoms with Crippen LogP contribution in [0.4, 0.5) is 17.1 Å². The van der Waals surface area contributed by atoms with E-state index in [1.54, 1.807) is 4.90 Å². The van der Waals surface area contributed by atoms with Crippen LogP contribution >= 0.6 is 0 Å². The Morgan fingerprint density at radius 1 is 1.04 bits per heavy atom. The summed E-state index contributed by atoms with van der Waals surface area (Å²) in [4.78, 5) is 22.9. The number of nitro benzene ring substituents is 2. The van der Waals surface area contributed by atoms with Gasteiger partial charge in [-0.1, -0.05) is 24.9 Å². The normalized spacial score (nSPS) is 12.0. The fraction of sp³-hybridized carbons (Fsp3) is 0.538. The molecule has 128 valence electrons. The van der Waals surface area contributed by atoms with E-state index in [-0.39, 0.29) is 11.3 Å². The van der Waals surface area contributed by atoms with Crippen LogP contribution in [0.5, 0.6) is 0 Å². The van der Waals surface area contributed by atoms with E-state index in [0.29, 0.717) is 25.9 Å². The largest absolute Gasteiger partial charge is 0.772 e. The molecule has 0 heterocycles. The van der Waals surface area contributed by atoms with Crippen LogP contribution in [-0.4, -0.2) is 31.7 Å². The number of benzene rings is 1. The van der Waals surface area contributed by atoms with E-state index in [9.17, 15) is 29.0 Å². The summed E-state index contributed by atoms with van der Waals surface area (Å²) in [7, 11) is 0. The third-order valence-electron chi connectivity index (χ3n) is 3.11. The molecule has 1 aromatic rings. The van der Waals surface area contributed by atoms with Gasteiger partial charge in [0.1, 0.15) is 0 Å². The zero-order valence-electron chi connectivity index (χ0n) is 12.9. The van der Waals surface area contributed by atoms with E-state index in [0.717, 1.165) is 12.1 Å². The molecule has 0 bridgehead atoms. The highest BCUT2D eigenvalue weighted by atomic mass is 32.2. The smallest absolute Gasteiger partial charge is 0.299 e. The van der Waals surface area contributed by atoms with Gasteiger partial charge in [0.25, 0.3) is 11.4 Å². The minimum absolute atomic E-state index is 0.0217. The maximum Gasteiger partial charge on any atom is 0.299 e. The Hall–Kier alpha value is -2.07. The Morgan fingerprint density at radius 2 is 1.48 bits per heavy atom. The average Bonchev–Trinajstić information content (AvgIpc) is 2.45. The van der Waals surface area contributed by atoms with Crippen molar-refractivity contribution >= 4 is 28.1 Å². The van der Waals surface area contributed by atoms with Crippen LogP contribution in [0.15, 0.2) is 12.1 Å². The van der Waals surface area contributed by atoms with Crippen LogP contribution < -0.4 is 4.90 Å². The van der Waals surface area contributed by atoms with Crippen molar-refractivity contribution in [3.8, 4) is 0 Å². The van der Waals surface area contributed by atoms with E-state index in [4.69, 9.17) is 0 Å². The molecule has 0 aliphatic heterocycles. The minimum atomic E-state index is -2.49. The molecule has 1 atom stereocenters. The van der Waals surface area contributed by atoms with Crippen molar-refractivity contribution in [3.05, 3.63) is 37.9 Å². The first-order valence-corrected chi connectivity index (χ1v) is 8.32. The molecule has 0 saturated heterocycles. The van der Waals surface area contributed by atoms with Crippen LogP contribution in [0.3, 0.4) is 0 Å². The molecule has 10 heteroatoms. The molecular formula is C13H18N3O6S-. The second-order valence-corrected chi connectivity index (χ2v) is 5.83. The molecule has 0 saturated carbocycles. The van der Waals surface area contributed by atoms with Gasteiger partial charge in [-0.05, 0) is 18.4 Å². The lowest BCUT2D eigenvalue weighted by molar-refractivity contribution is -0.392. The molecule has 0 spiro atoms. The van der Waals surface area contributed by atoms with E-state index >= 15 is 0 Å². The number of nitro groups is 2. The van der Waals surface area contributed by atoms with Crippen molar-refractivity contribution < 1.29 is 18.6 Å². The average molecular weight is 344 g/mol. The highest BCUT2D eigenvalue weighted by Crippen LogP contribution is 2.39. The van der Waals surface area contributed by atoms with Crippen LogP contribution in [0.25, 0.3) is 0 Å². The standard InChI is InChI=1S/C13H19N3O6S/c1-3-5-14(6-4-2)13-11(15(17)18)7-10(9-23(21)22)8-12(13)16(19)20/h7-8H,3-6,9H2,1-2H3,(H,21,22)/p-1. The number of hydrogen-bond acceptors (Lipinski definition) is 7. The van der Waals surface area contributed by atoms with Crippen molar-refractivity contribution in [1.29, 1.82) is 0 Å². The van der Waals surface area contributed by atoms with Gasteiger partial charge in [0.2, 0.25) is 0 Å². The Balaban J connectivity index is 3.59. The Labute approximate surface area is 135 Å². The van der Waals surface area contributed by atoms with Crippen LogP contribution in [0.2, 0.25) is 0 Å². The monoisotopic (exact) mass is 344 g/mol. The fourth-order valence-corrected chi connectivity index (χ4v) is 2.80. The summed E-state index contributed by atoms with van der Waals surface area (Å²) in [5.74, 6) is -0.510. The predicted octanol–water partition coefficient (Wildman–Crippen LogP) is 2.51. The Bertz CT molecular complexity index is 581. The molecule has 23 heavy (non-hydrogen) atoms. The zero-order valence-corrected chi connectivity index (χ0v) is 13.7. The number of hydrogen-bond donors (Lipinski definition) is 0. The van der Waals surface area contributed by atoms with Crippen LogP contribution in [0.1, 0.15) is 32.3 Å². The highest BCUT2D eigenvalue weighted by Gasteiger charge is 2.30. The molecule has 0 radical (unpaired) electrons. The topological polar surface area (TPSA) is 130 Å². The third-order valence-corrected chi connectivity index (χ3v) is 3.68. The molecule has 1 rings (SSSR count). The van der Waals surface area contributed by atoms with E-state index < -0.39 is 38.1 Å². The van der Waals surface area contributed by atoms with Gasteiger partial charge >= 0.3 is 0 Å². The van der Waals surface area contributed by atoms with Gasteiger partial charge in [-0.3, -0.25) is 24.4 Å². The lowest BCUT2D eigenvalue weighted by atomic mass is 10.1. The molecule has 9 nitrogen and oxygen atoms in total. The molecule has 0 N–H and O–H groups in total. The fourth-order valence-electron chi connectivity index (χ4n) is 2.36. The van der Waals surface area contributed by atoms with E-state index in [2.05, 4.69) is 0 Å². The first kappa shape index (κ1) is 19.0. The Morgan fingerprint density at radius 3 is 1.78 bits per heavy atom. The van der Waals surface area contributed by atoms with Gasteiger partial charge in [0.15, 0.2) is 5.69 Å². The molecule has 1 unspecified atom stereocenters. The summed E-state index contributed by atoms with van der Waals surface area (Å²) in [6.45, 7) is 4.61. The second-order valence-electron chi connectivity index (χ2n) is 4.93. The van der Waals surface area contributed by atoms with Gasteiger partial charge in [0, 0.05) is 31.0 Å². The molecular weight excluding hydrogens is 326 g/mol. The van der Waals surface area contributed by atoms with Gasteiger partial charge in [-0.2, -0.15) is 0 Å². The maximum atomic E-state index is 11.3.